The first-order chi connectivity index (χ1) is 17.1. The van der Waals surface area contributed by atoms with Gasteiger partial charge in [0.05, 0.1) is 32.1 Å². The van der Waals surface area contributed by atoms with Gasteiger partial charge in [0, 0.05) is 22.0 Å². The molecule has 4 aromatic rings. The van der Waals surface area contributed by atoms with Gasteiger partial charge in [-0.1, -0.05) is 59.0 Å². The number of ether oxygens (including phenoxy) is 1. The van der Waals surface area contributed by atoms with E-state index in [9.17, 15) is 14.9 Å². The Bertz CT molecular complexity index is 1570. The smallest absolute Gasteiger partial charge is 0.311 e. The van der Waals surface area contributed by atoms with Crippen molar-refractivity contribution in [3.63, 3.8) is 0 Å². The van der Waals surface area contributed by atoms with Crippen molar-refractivity contribution < 1.29 is 9.66 Å². The van der Waals surface area contributed by atoms with Gasteiger partial charge in [0.1, 0.15) is 12.4 Å². The molecule has 4 rings (SSSR count). The van der Waals surface area contributed by atoms with Crippen molar-refractivity contribution in [3.05, 3.63) is 107 Å². The summed E-state index contributed by atoms with van der Waals surface area (Å²) in [7, 11) is 0. The molecule has 0 N–H and O–H groups in total. The van der Waals surface area contributed by atoms with Gasteiger partial charge in [0.25, 0.3) is 5.56 Å². The Morgan fingerprint density at radius 1 is 1.14 bits per heavy atom. The molecular formula is C25H19BrCl2N4O4. The molecule has 3 aromatic carbocycles. The first-order valence-corrected chi connectivity index (χ1v) is 12.3. The van der Waals surface area contributed by atoms with E-state index in [0.717, 1.165) is 4.47 Å². The molecule has 0 aliphatic heterocycles. The second-order valence-electron chi connectivity index (χ2n) is 8.17. The van der Waals surface area contributed by atoms with E-state index in [4.69, 9.17) is 27.9 Å². The molecule has 0 spiro atoms. The molecule has 0 fully saturated rings. The summed E-state index contributed by atoms with van der Waals surface area (Å²) in [6.07, 6.45) is 1.38. The first-order valence-electron chi connectivity index (χ1n) is 10.8. The highest BCUT2D eigenvalue weighted by atomic mass is 79.9. The van der Waals surface area contributed by atoms with Crippen molar-refractivity contribution >= 4 is 61.9 Å². The van der Waals surface area contributed by atoms with Gasteiger partial charge in [-0.05, 0) is 48.0 Å². The molecule has 0 aliphatic rings. The number of nitrogens with zero attached hydrogens (tertiary/aromatic N) is 4. The van der Waals surface area contributed by atoms with Crippen LogP contribution in [-0.4, -0.2) is 20.8 Å². The van der Waals surface area contributed by atoms with Crippen LogP contribution >= 0.6 is 39.1 Å². The molecule has 11 heteroatoms. The number of halogens is 3. The quantitative estimate of drug-likeness (QED) is 0.132. The van der Waals surface area contributed by atoms with Crippen LogP contribution in [0.3, 0.4) is 0 Å². The van der Waals surface area contributed by atoms with Crippen LogP contribution in [0.1, 0.15) is 36.7 Å². The van der Waals surface area contributed by atoms with Crippen molar-refractivity contribution in [1.29, 1.82) is 0 Å². The Morgan fingerprint density at radius 3 is 2.61 bits per heavy atom. The van der Waals surface area contributed by atoms with E-state index in [-0.39, 0.29) is 29.5 Å². The third-order valence-electron chi connectivity index (χ3n) is 5.23. The summed E-state index contributed by atoms with van der Waals surface area (Å²) in [6.45, 7) is 3.88. The minimum atomic E-state index is -0.539. The Morgan fingerprint density at radius 2 is 1.92 bits per heavy atom. The zero-order valence-corrected chi connectivity index (χ0v) is 22.2. The number of aromatic nitrogens is 2. The Labute approximate surface area is 224 Å². The van der Waals surface area contributed by atoms with Gasteiger partial charge >= 0.3 is 5.69 Å². The molecule has 0 saturated carbocycles. The largest absolute Gasteiger partial charge is 0.482 e. The van der Waals surface area contributed by atoms with Gasteiger partial charge < -0.3 is 4.74 Å². The Balaban J connectivity index is 1.66. The fraction of sp³-hybridized carbons (Fsp3) is 0.160. The summed E-state index contributed by atoms with van der Waals surface area (Å²) in [5, 5.41) is 17.2. The molecule has 1 heterocycles. The van der Waals surface area contributed by atoms with Crippen molar-refractivity contribution in [3.8, 4) is 5.75 Å². The minimum absolute atomic E-state index is 0.0661. The van der Waals surface area contributed by atoms with Crippen molar-refractivity contribution in [2.45, 2.75) is 26.4 Å². The minimum Gasteiger partial charge on any atom is -0.482 e. The van der Waals surface area contributed by atoms with Crippen LogP contribution in [0, 0.1) is 10.1 Å². The van der Waals surface area contributed by atoms with Crippen LogP contribution < -0.4 is 10.3 Å². The van der Waals surface area contributed by atoms with Crippen molar-refractivity contribution in [2.24, 2.45) is 5.10 Å². The normalized spacial score (nSPS) is 11.5. The lowest BCUT2D eigenvalue weighted by molar-refractivity contribution is -0.385. The lowest BCUT2D eigenvalue weighted by atomic mass is 10.2. The molecule has 0 atom stereocenters. The third-order valence-corrected chi connectivity index (χ3v) is 6.46. The highest BCUT2D eigenvalue weighted by molar-refractivity contribution is 9.10. The van der Waals surface area contributed by atoms with Crippen LogP contribution in [0.15, 0.2) is 69.0 Å². The van der Waals surface area contributed by atoms with E-state index < -0.39 is 4.92 Å². The Kier molecular flexibility index (Phi) is 7.73. The van der Waals surface area contributed by atoms with Gasteiger partial charge in [-0.15, -0.1) is 0 Å². The molecule has 0 bridgehead atoms. The third kappa shape index (κ3) is 5.59. The molecule has 0 amide bonds. The van der Waals surface area contributed by atoms with Crippen molar-refractivity contribution in [1.82, 2.24) is 9.66 Å². The van der Waals surface area contributed by atoms with Gasteiger partial charge in [0.15, 0.2) is 5.75 Å². The molecule has 0 unspecified atom stereocenters. The molecule has 0 aliphatic carbocycles. The monoisotopic (exact) mass is 588 g/mol. The molecule has 1 aromatic heterocycles. The van der Waals surface area contributed by atoms with Crippen LogP contribution in [0.25, 0.3) is 10.9 Å². The molecular weight excluding hydrogens is 571 g/mol. The highest BCUT2D eigenvalue weighted by Gasteiger charge is 2.17. The summed E-state index contributed by atoms with van der Waals surface area (Å²) >= 11 is 15.3. The SMILES string of the molecule is CC(C)c1nc2ccc(Br)cc2c(=O)n1N=Cc1ccc(OCc2ccc(Cl)c(Cl)c2)c([N+](=O)[O-])c1. The summed E-state index contributed by atoms with van der Waals surface area (Å²) in [5.74, 6) is 0.469. The number of hydrogen-bond acceptors (Lipinski definition) is 6. The van der Waals surface area contributed by atoms with E-state index in [0.29, 0.717) is 37.9 Å². The molecule has 0 saturated heterocycles. The van der Waals surface area contributed by atoms with Crippen LogP contribution in [0.5, 0.6) is 5.75 Å². The second-order valence-corrected chi connectivity index (χ2v) is 9.90. The summed E-state index contributed by atoms with van der Waals surface area (Å²) in [4.78, 5) is 28.9. The fourth-order valence-electron chi connectivity index (χ4n) is 3.45. The number of rotatable bonds is 7. The zero-order valence-electron chi connectivity index (χ0n) is 19.1. The maximum atomic E-state index is 13.2. The van der Waals surface area contributed by atoms with E-state index in [1.807, 2.05) is 19.9 Å². The summed E-state index contributed by atoms with van der Waals surface area (Å²) < 4.78 is 7.64. The first kappa shape index (κ1) is 25.8. The predicted octanol–water partition coefficient (Wildman–Crippen LogP) is 6.96. The molecule has 36 heavy (non-hydrogen) atoms. The molecule has 0 radical (unpaired) electrons. The number of nitro groups is 1. The Hall–Kier alpha value is -3.27. The van der Waals surface area contributed by atoms with Gasteiger partial charge in [-0.25, -0.2) is 4.98 Å². The average Bonchev–Trinajstić information content (AvgIpc) is 2.84. The molecule has 184 valence electrons. The summed E-state index contributed by atoms with van der Waals surface area (Å²) in [6, 6.07) is 14.7. The maximum absolute atomic E-state index is 13.2. The standard InChI is InChI=1S/C25H19BrCl2N4O4/c1-14(2)24-30-21-7-5-17(26)11-18(21)25(33)31(24)29-12-15-4-8-23(22(10-15)32(34)35)36-13-16-3-6-19(27)20(28)9-16/h3-12,14H,13H2,1-2H3. The van der Waals surface area contributed by atoms with E-state index >= 15 is 0 Å². The lowest BCUT2D eigenvalue weighted by Crippen LogP contribution is -2.23. The number of nitro benzene ring substituents is 1. The number of benzene rings is 3. The topological polar surface area (TPSA) is 99.6 Å². The molecule has 8 nitrogen and oxygen atoms in total. The van der Waals surface area contributed by atoms with Gasteiger partial charge in [0.2, 0.25) is 0 Å². The predicted molar refractivity (Wildman–Crippen MR) is 145 cm³/mol. The lowest BCUT2D eigenvalue weighted by Gasteiger charge is -2.12. The number of hydrogen-bond donors (Lipinski definition) is 0. The zero-order chi connectivity index (χ0) is 26.0. The van der Waals surface area contributed by atoms with Gasteiger partial charge in [-0.3, -0.25) is 14.9 Å². The van der Waals surface area contributed by atoms with Crippen molar-refractivity contribution in [2.75, 3.05) is 0 Å². The van der Waals surface area contributed by atoms with Crippen LogP contribution in [0.2, 0.25) is 10.0 Å². The highest BCUT2D eigenvalue weighted by Crippen LogP contribution is 2.29. The maximum Gasteiger partial charge on any atom is 0.311 e. The van der Waals surface area contributed by atoms with E-state index in [2.05, 4.69) is 26.0 Å². The van der Waals surface area contributed by atoms with E-state index in [1.54, 1.807) is 36.4 Å². The van der Waals surface area contributed by atoms with Gasteiger partial charge in [-0.2, -0.15) is 9.78 Å². The number of fused-ring (bicyclic) bond motifs is 1. The van der Waals surface area contributed by atoms with Crippen LogP contribution in [0.4, 0.5) is 5.69 Å². The van der Waals surface area contributed by atoms with E-state index in [1.165, 1.54) is 23.0 Å². The van der Waals surface area contributed by atoms with Crippen LogP contribution in [-0.2, 0) is 6.61 Å². The fourth-order valence-corrected chi connectivity index (χ4v) is 4.13. The summed E-state index contributed by atoms with van der Waals surface area (Å²) in [5.41, 5.74) is 1.12. The second kappa shape index (κ2) is 10.8. The average molecular weight is 590 g/mol.